The topological polar surface area (TPSA) is 89.9 Å². The summed E-state index contributed by atoms with van der Waals surface area (Å²) in [5.74, 6) is -0.998. The first-order chi connectivity index (χ1) is 9.64. The van der Waals surface area contributed by atoms with Gasteiger partial charge in [-0.05, 0) is 51.5 Å². The molecule has 0 fully saturated rings. The summed E-state index contributed by atoms with van der Waals surface area (Å²) in [6.07, 6.45) is 0. The number of rotatable bonds is 5. The minimum atomic E-state index is -0.998. The second-order valence-corrected chi connectivity index (χ2v) is 5.59. The van der Waals surface area contributed by atoms with Crippen LogP contribution in [-0.2, 0) is 0 Å². The number of aryl methyl sites for hydroxylation is 1. The molecule has 0 spiro atoms. The van der Waals surface area contributed by atoms with Crippen molar-refractivity contribution in [1.29, 1.82) is 0 Å². The number of aromatic carboxylic acids is 1. The van der Waals surface area contributed by atoms with Crippen molar-refractivity contribution in [2.75, 3.05) is 18.4 Å². The Hall–Kier alpha value is -2.08. The van der Waals surface area contributed by atoms with Crippen LogP contribution in [0.1, 0.15) is 36.7 Å². The van der Waals surface area contributed by atoms with Crippen LogP contribution in [0.25, 0.3) is 0 Å². The van der Waals surface area contributed by atoms with Crippen molar-refractivity contribution in [2.24, 2.45) is 0 Å². The summed E-state index contributed by atoms with van der Waals surface area (Å²) in [5, 5.41) is 21.5. The third kappa shape index (κ3) is 5.07. The van der Waals surface area contributed by atoms with Gasteiger partial charge in [-0.2, -0.15) is 0 Å². The molecule has 116 valence electrons. The van der Waals surface area contributed by atoms with Crippen LogP contribution in [0, 0.1) is 6.92 Å². The van der Waals surface area contributed by atoms with Crippen LogP contribution in [0.15, 0.2) is 18.2 Å². The fraction of sp³-hybridized carbons (Fsp3) is 0.467. The lowest BCUT2D eigenvalue weighted by molar-refractivity contribution is 0.0501. The number of aliphatic hydroxyl groups is 1. The van der Waals surface area contributed by atoms with Crippen LogP contribution in [0.3, 0.4) is 0 Å². The van der Waals surface area contributed by atoms with Gasteiger partial charge in [0.15, 0.2) is 0 Å². The molecule has 0 heterocycles. The maximum Gasteiger partial charge on any atom is 0.335 e. The SMILES string of the molecule is CCN(CC(C)(C)O)C(=O)Nc1ccc(C(=O)O)c(C)c1. The molecular weight excluding hydrogens is 272 g/mol. The molecule has 6 heteroatoms. The number of carbonyl (C=O) groups excluding carboxylic acids is 1. The van der Waals surface area contributed by atoms with Crippen molar-refractivity contribution in [1.82, 2.24) is 4.90 Å². The van der Waals surface area contributed by atoms with Crippen LogP contribution in [0.5, 0.6) is 0 Å². The molecule has 3 N–H and O–H groups in total. The number of hydrogen-bond acceptors (Lipinski definition) is 3. The average molecular weight is 294 g/mol. The fourth-order valence-electron chi connectivity index (χ4n) is 1.98. The van der Waals surface area contributed by atoms with Gasteiger partial charge >= 0.3 is 12.0 Å². The standard InChI is InChI=1S/C15H22N2O4/c1-5-17(9-15(3,4)21)14(20)16-11-6-7-12(13(18)19)10(2)8-11/h6-8,21H,5,9H2,1-4H3,(H,16,20)(H,18,19). The zero-order valence-corrected chi connectivity index (χ0v) is 12.8. The van der Waals surface area contributed by atoms with Crippen LogP contribution in [0.4, 0.5) is 10.5 Å². The first-order valence-electron chi connectivity index (χ1n) is 6.76. The van der Waals surface area contributed by atoms with Gasteiger partial charge in [-0.15, -0.1) is 0 Å². The highest BCUT2D eigenvalue weighted by Gasteiger charge is 2.21. The van der Waals surface area contributed by atoms with Gasteiger partial charge in [-0.3, -0.25) is 0 Å². The van der Waals surface area contributed by atoms with Gasteiger partial charge in [0.1, 0.15) is 0 Å². The average Bonchev–Trinajstić information content (AvgIpc) is 2.34. The second kappa shape index (κ2) is 6.58. The molecule has 0 unspecified atom stereocenters. The molecule has 0 aliphatic rings. The first kappa shape index (κ1) is 17.0. The molecule has 2 amide bonds. The molecule has 21 heavy (non-hydrogen) atoms. The van der Waals surface area contributed by atoms with Crippen LogP contribution in [0.2, 0.25) is 0 Å². The molecule has 0 aliphatic carbocycles. The smallest absolute Gasteiger partial charge is 0.335 e. The van der Waals surface area contributed by atoms with Gasteiger partial charge in [0.25, 0.3) is 0 Å². The minimum absolute atomic E-state index is 0.205. The van der Waals surface area contributed by atoms with Gasteiger partial charge in [0, 0.05) is 12.2 Å². The number of carboxylic acids is 1. The lowest BCUT2D eigenvalue weighted by atomic mass is 10.1. The lowest BCUT2D eigenvalue weighted by Gasteiger charge is -2.28. The molecule has 6 nitrogen and oxygen atoms in total. The molecule has 0 saturated heterocycles. The molecule has 1 aromatic carbocycles. The predicted molar refractivity (Wildman–Crippen MR) is 80.7 cm³/mol. The largest absolute Gasteiger partial charge is 0.478 e. The Balaban J connectivity index is 2.82. The third-order valence-electron chi connectivity index (χ3n) is 2.95. The highest BCUT2D eigenvalue weighted by atomic mass is 16.4. The Morgan fingerprint density at radius 2 is 1.95 bits per heavy atom. The summed E-state index contributed by atoms with van der Waals surface area (Å²) in [4.78, 5) is 24.6. The quantitative estimate of drug-likeness (QED) is 0.777. The molecule has 0 saturated carbocycles. The van der Waals surface area contributed by atoms with Gasteiger partial charge < -0.3 is 20.4 Å². The van der Waals surface area contributed by atoms with Crippen molar-refractivity contribution in [3.8, 4) is 0 Å². The van der Waals surface area contributed by atoms with Gasteiger partial charge in [-0.1, -0.05) is 0 Å². The van der Waals surface area contributed by atoms with Gasteiger partial charge in [0.2, 0.25) is 0 Å². The van der Waals surface area contributed by atoms with E-state index in [1.165, 1.54) is 11.0 Å². The van der Waals surface area contributed by atoms with E-state index in [1.54, 1.807) is 32.9 Å². The van der Waals surface area contributed by atoms with Crippen molar-refractivity contribution in [2.45, 2.75) is 33.3 Å². The highest BCUT2D eigenvalue weighted by Crippen LogP contribution is 2.16. The number of urea groups is 1. The van der Waals surface area contributed by atoms with E-state index in [1.807, 2.05) is 6.92 Å². The number of nitrogens with zero attached hydrogens (tertiary/aromatic N) is 1. The summed E-state index contributed by atoms with van der Waals surface area (Å²) in [5.41, 5.74) is 0.329. The van der Waals surface area contributed by atoms with Crippen molar-refractivity contribution < 1.29 is 19.8 Å². The molecule has 1 aromatic rings. The Morgan fingerprint density at radius 3 is 2.38 bits per heavy atom. The second-order valence-electron chi connectivity index (χ2n) is 5.59. The van der Waals surface area contributed by atoms with E-state index in [-0.39, 0.29) is 18.1 Å². The fourth-order valence-corrected chi connectivity index (χ4v) is 1.98. The van der Waals surface area contributed by atoms with Gasteiger partial charge in [0.05, 0.1) is 17.7 Å². The summed E-state index contributed by atoms with van der Waals surface area (Å²) in [6.45, 7) is 7.44. The number of carboxylic acid groups (broad SMARTS) is 1. The molecule has 0 bridgehead atoms. The number of anilines is 1. The maximum atomic E-state index is 12.1. The Morgan fingerprint density at radius 1 is 1.33 bits per heavy atom. The van der Waals surface area contributed by atoms with E-state index in [4.69, 9.17) is 5.11 Å². The van der Waals surface area contributed by atoms with E-state index >= 15 is 0 Å². The molecule has 0 atom stereocenters. The van der Waals surface area contributed by atoms with E-state index in [0.717, 1.165) is 0 Å². The Kier molecular flexibility index (Phi) is 5.32. The van der Waals surface area contributed by atoms with Crippen LogP contribution >= 0.6 is 0 Å². The molecule has 0 aliphatic heterocycles. The summed E-state index contributed by atoms with van der Waals surface area (Å²) < 4.78 is 0. The number of benzene rings is 1. The first-order valence-corrected chi connectivity index (χ1v) is 6.76. The van der Waals surface area contributed by atoms with Crippen molar-refractivity contribution >= 4 is 17.7 Å². The molecule has 0 radical (unpaired) electrons. The monoisotopic (exact) mass is 294 g/mol. The maximum absolute atomic E-state index is 12.1. The van der Waals surface area contributed by atoms with E-state index in [2.05, 4.69) is 5.32 Å². The number of carbonyl (C=O) groups is 2. The Labute approximate surface area is 124 Å². The Bertz CT molecular complexity index is 535. The molecule has 1 rings (SSSR count). The summed E-state index contributed by atoms with van der Waals surface area (Å²) >= 11 is 0. The number of hydrogen-bond donors (Lipinski definition) is 3. The van der Waals surface area contributed by atoms with Crippen molar-refractivity contribution in [3.05, 3.63) is 29.3 Å². The molecular formula is C15H22N2O4. The zero-order chi connectivity index (χ0) is 16.2. The van der Waals surface area contributed by atoms with Crippen molar-refractivity contribution in [3.63, 3.8) is 0 Å². The summed E-state index contributed by atoms with van der Waals surface area (Å²) in [6, 6.07) is 4.28. The van der Waals surface area contributed by atoms with E-state index in [0.29, 0.717) is 17.8 Å². The third-order valence-corrected chi connectivity index (χ3v) is 2.95. The number of amides is 2. The number of likely N-dealkylation sites (N-methyl/N-ethyl adjacent to an activating group) is 1. The van der Waals surface area contributed by atoms with E-state index in [9.17, 15) is 14.7 Å². The minimum Gasteiger partial charge on any atom is -0.478 e. The van der Waals surface area contributed by atoms with E-state index < -0.39 is 11.6 Å². The van der Waals surface area contributed by atoms with Gasteiger partial charge in [-0.25, -0.2) is 9.59 Å². The summed E-state index contributed by atoms with van der Waals surface area (Å²) in [7, 11) is 0. The highest BCUT2D eigenvalue weighted by molar-refractivity contribution is 5.92. The predicted octanol–water partition coefficient (Wildman–Crippen LogP) is 2.32. The van der Waals surface area contributed by atoms with Crippen LogP contribution < -0.4 is 5.32 Å². The number of nitrogens with one attached hydrogen (secondary N) is 1. The van der Waals surface area contributed by atoms with Crippen LogP contribution in [-0.4, -0.2) is 45.8 Å². The lowest BCUT2D eigenvalue weighted by Crippen LogP contribution is -2.44. The zero-order valence-electron chi connectivity index (χ0n) is 12.8. The molecule has 0 aromatic heterocycles. The normalized spacial score (nSPS) is 11.1.